The number of carbonyl (C=O) groups is 3. The van der Waals surface area contributed by atoms with Gasteiger partial charge in [-0.2, -0.15) is 0 Å². The molecule has 0 aromatic heterocycles. The van der Waals surface area contributed by atoms with Crippen molar-refractivity contribution in [3.63, 3.8) is 0 Å². The number of hydrogen-bond acceptors (Lipinski definition) is 3. The zero-order valence-electron chi connectivity index (χ0n) is 10.5. The fraction of sp³-hybridized carbons (Fsp3) is 0.400. The minimum atomic E-state index is -0.152. The first-order valence-corrected chi connectivity index (χ1v) is 6.65. The van der Waals surface area contributed by atoms with E-state index in [1.807, 2.05) is 0 Å². The highest BCUT2D eigenvalue weighted by atomic mass is 16.2. The molecule has 1 heterocycles. The van der Waals surface area contributed by atoms with Crippen molar-refractivity contribution in [2.75, 3.05) is 4.90 Å². The number of aldehydes is 1. The Labute approximate surface area is 111 Å². The summed E-state index contributed by atoms with van der Waals surface area (Å²) in [6, 6.07) is 6.66. The third kappa shape index (κ3) is 1.87. The van der Waals surface area contributed by atoms with Crippen LogP contribution in [0.1, 0.15) is 36.0 Å². The Morgan fingerprint density at radius 1 is 1.05 bits per heavy atom. The van der Waals surface area contributed by atoms with E-state index < -0.39 is 0 Å². The highest BCUT2D eigenvalue weighted by Crippen LogP contribution is 2.40. The second-order valence-corrected chi connectivity index (χ2v) is 5.22. The van der Waals surface area contributed by atoms with Gasteiger partial charge in [-0.25, -0.2) is 0 Å². The Balaban J connectivity index is 1.97. The molecule has 2 atom stereocenters. The maximum absolute atomic E-state index is 12.4. The molecule has 0 radical (unpaired) electrons. The average molecular weight is 257 g/mol. The predicted molar refractivity (Wildman–Crippen MR) is 69.8 cm³/mol. The molecule has 98 valence electrons. The molecular weight excluding hydrogens is 242 g/mol. The number of imide groups is 1. The molecule has 1 saturated carbocycles. The van der Waals surface area contributed by atoms with Crippen LogP contribution in [0.4, 0.5) is 5.69 Å². The highest BCUT2D eigenvalue weighted by molar-refractivity contribution is 6.22. The molecular formula is C15H15NO3. The molecule has 0 spiro atoms. The van der Waals surface area contributed by atoms with Crippen LogP contribution in [-0.2, 0) is 9.59 Å². The van der Waals surface area contributed by atoms with E-state index >= 15 is 0 Å². The largest absolute Gasteiger partial charge is 0.298 e. The lowest BCUT2D eigenvalue weighted by Crippen LogP contribution is -2.30. The van der Waals surface area contributed by atoms with Crippen molar-refractivity contribution in [1.82, 2.24) is 0 Å². The Kier molecular flexibility index (Phi) is 2.93. The molecule has 2 aliphatic rings. The summed E-state index contributed by atoms with van der Waals surface area (Å²) < 4.78 is 0. The molecule has 1 saturated heterocycles. The van der Waals surface area contributed by atoms with E-state index in [2.05, 4.69) is 0 Å². The van der Waals surface area contributed by atoms with Crippen LogP contribution in [0.3, 0.4) is 0 Å². The van der Waals surface area contributed by atoms with Crippen molar-refractivity contribution in [2.45, 2.75) is 25.7 Å². The van der Waals surface area contributed by atoms with Crippen LogP contribution >= 0.6 is 0 Å². The zero-order chi connectivity index (χ0) is 13.4. The number of benzene rings is 1. The van der Waals surface area contributed by atoms with E-state index in [4.69, 9.17) is 0 Å². The molecule has 2 fully saturated rings. The van der Waals surface area contributed by atoms with Crippen molar-refractivity contribution in [3.05, 3.63) is 29.8 Å². The molecule has 0 N–H and O–H groups in total. The van der Waals surface area contributed by atoms with Gasteiger partial charge in [0.15, 0.2) is 0 Å². The topological polar surface area (TPSA) is 54.5 Å². The third-order valence-electron chi connectivity index (χ3n) is 4.11. The number of rotatable bonds is 2. The number of hydrogen-bond donors (Lipinski definition) is 0. The maximum atomic E-state index is 12.4. The zero-order valence-corrected chi connectivity index (χ0v) is 10.5. The summed E-state index contributed by atoms with van der Waals surface area (Å²) in [5.41, 5.74) is 1.00. The van der Waals surface area contributed by atoms with Gasteiger partial charge in [0.1, 0.15) is 6.29 Å². The first-order valence-electron chi connectivity index (χ1n) is 6.65. The lowest BCUT2D eigenvalue weighted by molar-refractivity contribution is -0.122. The molecule has 19 heavy (non-hydrogen) atoms. The van der Waals surface area contributed by atoms with E-state index in [0.29, 0.717) is 11.3 Å². The number of fused-ring (bicyclic) bond motifs is 1. The summed E-state index contributed by atoms with van der Waals surface area (Å²) in [5, 5.41) is 0. The van der Waals surface area contributed by atoms with Gasteiger partial charge in [-0.15, -0.1) is 0 Å². The fourth-order valence-electron chi connectivity index (χ4n) is 3.15. The van der Waals surface area contributed by atoms with E-state index in [-0.39, 0.29) is 23.7 Å². The molecule has 3 rings (SSSR count). The molecule has 2 unspecified atom stereocenters. The van der Waals surface area contributed by atoms with E-state index in [1.54, 1.807) is 24.3 Å². The standard InChI is InChI=1S/C15H15NO3/c17-9-10-4-3-5-11(8-10)16-14(18)12-6-1-2-7-13(12)15(16)19/h3-5,8-9,12-13H,1-2,6-7H2. The van der Waals surface area contributed by atoms with Crippen LogP contribution in [0.25, 0.3) is 0 Å². The highest BCUT2D eigenvalue weighted by Gasteiger charge is 2.48. The van der Waals surface area contributed by atoms with Gasteiger partial charge in [0.25, 0.3) is 0 Å². The van der Waals surface area contributed by atoms with Gasteiger partial charge in [-0.05, 0) is 25.0 Å². The molecule has 2 amide bonds. The minimum absolute atomic E-state index is 0.0993. The second kappa shape index (κ2) is 4.61. The lowest BCUT2D eigenvalue weighted by Gasteiger charge is -2.19. The molecule has 1 aromatic rings. The van der Waals surface area contributed by atoms with Crippen LogP contribution in [0.15, 0.2) is 24.3 Å². The predicted octanol–water partition coefficient (Wildman–Crippen LogP) is 2.18. The van der Waals surface area contributed by atoms with Crippen LogP contribution in [0.5, 0.6) is 0 Å². The summed E-state index contributed by atoms with van der Waals surface area (Å²) in [7, 11) is 0. The molecule has 0 bridgehead atoms. The van der Waals surface area contributed by atoms with Gasteiger partial charge in [-0.1, -0.05) is 25.0 Å². The molecule has 4 nitrogen and oxygen atoms in total. The van der Waals surface area contributed by atoms with E-state index in [9.17, 15) is 14.4 Å². The lowest BCUT2D eigenvalue weighted by atomic mass is 9.81. The van der Waals surface area contributed by atoms with Gasteiger partial charge < -0.3 is 0 Å². The van der Waals surface area contributed by atoms with Gasteiger partial charge in [0, 0.05) is 5.56 Å². The molecule has 1 aromatic carbocycles. The van der Waals surface area contributed by atoms with Crippen LogP contribution < -0.4 is 4.90 Å². The first-order chi connectivity index (χ1) is 9.22. The van der Waals surface area contributed by atoms with Crippen LogP contribution in [-0.4, -0.2) is 18.1 Å². The Bertz CT molecular complexity index is 528. The minimum Gasteiger partial charge on any atom is -0.298 e. The number of anilines is 1. The Morgan fingerprint density at radius 3 is 2.26 bits per heavy atom. The van der Waals surface area contributed by atoms with Gasteiger partial charge in [-0.3, -0.25) is 19.3 Å². The average Bonchev–Trinajstić information content (AvgIpc) is 2.72. The summed E-state index contributed by atoms with van der Waals surface area (Å²) in [6.07, 6.45) is 4.37. The smallest absolute Gasteiger partial charge is 0.237 e. The van der Waals surface area contributed by atoms with Crippen molar-refractivity contribution in [3.8, 4) is 0 Å². The summed E-state index contributed by atoms with van der Waals surface area (Å²) in [4.78, 5) is 36.8. The van der Waals surface area contributed by atoms with E-state index in [0.717, 1.165) is 32.0 Å². The molecule has 1 aliphatic heterocycles. The third-order valence-corrected chi connectivity index (χ3v) is 4.11. The van der Waals surface area contributed by atoms with Crippen LogP contribution in [0, 0.1) is 11.8 Å². The monoisotopic (exact) mass is 257 g/mol. The van der Waals surface area contributed by atoms with Gasteiger partial charge in [0.05, 0.1) is 17.5 Å². The van der Waals surface area contributed by atoms with Crippen LogP contribution in [0.2, 0.25) is 0 Å². The fourth-order valence-corrected chi connectivity index (χ4v) is 3.15. The summed E-state index contributed by atoms with van der Waals surface area (Å²) >= 11 is 0. The molecule has 4 heteroatoms. The number of amides is 2. The summed E-state index contributed by atoms with van der Waals surface area (Å²) in [6.45, 7) is 0. The Hall–Kier alpha value is -1.97. The number of nitrogens with zero attached hydrogens (tertiary/aromatic N) is 1. The number of carbonyl (C=O) groups excluding carboxylic acids is 3. The van der Waals surface area contributed by atoms with Crippen molar-refractivity contribution >= 4 is 23.8 Å². The second-order valence-electron chi connectivity index (χ2n) is 5.22. The first kappa shape index (κ1) is 12.1. The summed E-state index contributed by atoms with van der Waals surface area (Å²) in [5.74, 6) is -0.502. The quantitative estimate of drug-likeness (QED) is 0.602. The SMILES string of the molecule is O=Cc1cccc(N2C(=O)C3CCCCC3C2=O)c1. The van der Waals surface area contributed by atoms with Crippen molar-refractivity contribution in [2.24, 2.45) is 11.8 Å². The van der Waals surface area contributed by atoms with E-state index in [1.165, 1.54) is 4.90 Å². The van der Waals surface area contributed by atoms with Crippen molar-refractivity contribution < 1.29 is 14.4 Å². The normalized spacial score (nSPS) is 26.4. The maximum Gasteiger partial charge on any atom is 0.237 e. The van der Waals surface area contributed by atoms with Gasteiger partial charge in [0.2, 0.25) is 11.8 Å². The van der Waals surface area contributed by atoms with Gasteiger partial charge >= 0.3 is 0 Å². The molecule has 1 aliphatic carbocycles. The Morgan fingerprint density at radius 2 is 1.68 bits per heavy atom. The van der Waals surface area contributed by atoms with Crippen molar-refractivity contribution in [1.29, 1.82) is 0 Å².